The third kappa shape index (κ3) is 3.02. The van der Waals surface area contributed by atoms with Crippen molar-refractivity contribution in [2.45, 2.75) is 46.7 Å². The second-order valence-corrected chi connectivity index (χ2v) is 4.65. The van der Waals surface area contributed by atoms with Gasteiger partial charge in [-0.25, -0.2) is 0 Å². The molecule has 0 saturated carbocycles. The zero-order valence-electron chi connectivity index (χ0n) is 10.1. The normalized spacial score (nSPS) is 15.6. The quantitative estimate of drug-likeness (QED) is 0.808. The lowest BCUT2D eigenvalue weighted by Crippen LogP contribution is -2.23. The highest BCUT2D eigenvalue weighted by Crippen LogP contribution is 2.20. The molecule has 0 saturated heterocycles. The van der Waals surface area contributed by atoms with Crippen LogP contribution in [0.2, 0.25) is 0 Å². The third-order valence-electron chi connectivity index (χ3n) is 2.76. The summed E-state index contributed by atoms with van der Waals surface area (Å²) in [5, 5.41) is 8.07. The second-order valence-electron chi connectivity index (χ2n) is 4.65. The first-order valence-corrected chi connectivity index (χ1v) is 5.69. The highest BCUT2D eigenvalue weighted by atomic mass is 15.3. The standard InChI is InChI=1S/C11H22N4/c1-5-9(4)10(12)11-14-13-7-15(11)6-8(2)3/h7-10H,5-6,12H2,1-4H3/t9?,10-/m0/s1. The molecule has 0 fully saturated rings. The summed E-state index contributed by atoms with van der Waals surface area (Å²) in [6.45, 7) is 9.59. The number of aromatic nitrogens is 3. The van der Waals surface area contributed by atoms with Gasteiger partial charge >= 0.3 is 0 Å². The Morgan fingerprint density at radius 3 is 2.60 bits per heavy atom. The lowest BCUT2D eigenvalue weighted by molar-refractivity contribution is 0.407. The number of rotatable bonds is 5. The molecule has 1 heterocycles. The average molecular weight is 210 g/mol. The van der Waals surface area contributed by atoms with E-state index in [4.69, 9.17) is 5.73 Å². The van der Waals surface area contributed by atoms with E-state index in [9.17, 15) is 0 Å². The molecular weight excluding hydrogens is 188 g/mol. The summed E-state index contributed by atoms with van der Waals surface area (Å²) in [5.41, 5.74) is 6.15. The van der Waals surface area contributed by atoms with Gasteiger partial charge in [0.05, 0.1) is 6.04 Å². The van der Waals surface area contributed by atoms with Gasteiger partial charge in [0.25, 0.3) is 0 Å². The topological polar surface area (TPSA) is 56.7 Å². The molecule has 4 heteroatoms. The zero-order valence-corrected chi connectivity index (χ0v) is 10.1. The fourth-order valence-corrected chi connectivity index (χ4v) is 1.56. The molecule has 1 aromatic rings. The summed E-state index contributed by atoms with van der Waals surface area (Å²) in [7, 11) is 0. The number of nitrogens with zero attached hydrogens (tertiary/aromatic N) is 3. The molecule has 2 atom stereocenters. The second kappa shape index (κ2) is 5.26. The van der Waals surface area contributed by atoms with Crippen molar-refractivity contribution in [3.05, 3.63) is 12.2 Å². The van der Waals surface area contributed by atoms with Crippen LogP contribution in [-0.2, 0) is 6.54 Å². The van der Waals surface area contributed by atoms with Crippen LogP contribution in [0.25, 0.3) is 0 Å². The Bertz CT molecular complexity index is 293. The number of hydrogen-bond donors (Lipinski definition) is 1. The molecule has 0 amide bonds. The molecule has 1 unspecified atom stereocenters. The van der Waals surface area contributed by atoms with E-state index in [1.54, 1.807) is 6.33 Å². The van der Waals surface area contributed by atoms with Gasteiger partial charge < -0.3 is 10.3 Å². The van der Waals surface area contributed by atoms with E-state index in [0.717, 1.165) is 18.8 Å². The first kappa shape index (κ1) is 12.2. The van der Waals surface area contributed by atoms with Crippen LogP contribution in [-0.4, -0.2) is 14.8 Å². The van der Waals surface area contributed by atoms with Crippen LogP contribution < -0.4 is 5.73 Å². The van der Waals surface area contributed by atoms with Crippen molar-refractivity contribution in [1.29, 1.82) is 0 Å². The van der Waals surface area contributed by atoms with Crippen molar-refractivity contribution < 1.29 is 0 Å². The van der Waals surface area contributed by atoms with Gasteiger partial charge in [-0.1, -0.05) is 34.1 Å². The van der Waals surface area contributed by atoms with Gasteiger partial charge in [0, 0.05) is 6.54 Å². The lowest BCUT2D eigenvalue weighted by Gasteiger charge is -2.19. The zero-order chi connectivity index (χ0) is 11.4. The van der Waals surface area contributed by atoms with E-state index in [2.05, 4.69) is 42.5 Å². The van der Waals surface area contributed by atoms with Gasteiger partial charge in [-0.3, -0.25) is 0 Å². The molecule has 86 valence electrons. The molecule has 0 spiro atoms. The van der Waals surface area contributed by atoms with Gasteiger partial charge in [-0.2, -0.15) is 0 Å². The van der Waals surface area contributed by atoms with Crippen molar-refractivity contribution in [3.8, 4) is 0 Å². The average Bonchev–Trinajstić information content (AvgIpc) is 2.62. The van der Waals surface area contributed by atoms with Gasteiger partial charge in [0.2, 0.25) is 0 Å². The van der Waals surface area contributed by atoms with E-state index in [1.165, 1.54) is 0 Å². The Balaban J connectivity index is 2.79. The minimum atomic E-state index is -0.00347. The summed E-state index contributed by atoms with van der Waals surface area (Å²) in [6, 6.07) is -0.00347. The minimum Gasteiger partial charge on any atom is -0.321 e. The van der Waals surface area contributed by atoms with E-state index >= 15 is 0 Å². The van der Waals surface area contributed by atoms with Crippen molar-refractivity contribution in [2.24, 2.45) is 17.6 Å². The number of hydrogen-bond acceptors (Lipinski definition) is 3. The summed E-state index contributed by atoms with van der Waals surface area (Å²) >= 11 is 0. The van der Waals surface area contributed by atoms with E-state index in [-0.39, 0.29) is 6.04 Å². The highest BCUT2D eigenvalue weighted by molar-refractivity contribution is 4.95. The SMILES string of the molecule is CCC(C)[C@H](N)c1nncn1CC(C)C. The fourth-order valence-electron chi connectivity index (χ4n) is 1.56. The van der Waals surface area contributed by atoms with Crippen molar-refractivity contribution in [1.82, 2.24) is 14.8 Å². The van der Waals surface area contributed by atoms with E-state index in [0.29, 0.717) is 11.8 Å². The fraction of sp³-hybridized carbons (Fsp3) is 0.818. The van der Waals surface area contributed by atoms with Crippen LogP contribution in [0.3, 0.4) is 0 Å². The van der Waals surface area contributed by atoms with Gasteiger partial charge in [0.1, 0.15) is 12.2 Å². The molecule has 0 aromatic carbocycles. The summed E-state index contributed by atoms with van der Waals surface area (Å²) in [6.07, 6.45) is 2.84. The monoisotopic (exact) mass is 210 g/mol. The maximum atomic E-state index is 6.15. The molecule has 15 heavy (non-hydrogen) atoms. The van der Waals surface area contributed by atoms with Crippen LogP contribution in [0.15, 0.2) is 6.33 Å². The first-order chi connectivity index (χ1) is 7.06. The molecule has 2 N–H and O–H groups in total. The van der Waals surface area contributed by atoms with Crippen LogP contribution in [0.4, 0.5) is 0 Å². The van der Waals surface area contributed by atoms with Crippen molar-refractivity contribution in [3.63, 3.8) is 0 Å². The minimum absolute atomic E-state index is 0.00347. The first-order valence-electron chi connectivity index (χ1n) is 5.69. The molecule has 1 rings (SSSR count). The van der Waals surface area contributed by atoms with Crippen LogP contribution >= 0.6 is 0 Å². The van der Waals surface area contributed by atoms with E-state index in [1.807, 2.05) is 0 Å². The Labute approximate surface area is 91.9 Å². The molecule has 0 aliphatic heterocycles. The van der Waals surface area contributed by atoms with Crippen molar-refractivity contribution in [2.75, 3.05) is 0 Å². The van der Waals surface area contributed by atoms with Crippen LogP contribution in [0.5, 0.6) is 0 Å². The lowest BCUT2D eigenvalue weighted by atomic mass is 9.99. The molecule has 4 nitrogen and oxygen atoms in total. The molecule has 0 bridgehead atoms. The van der Waals surface area contributed by atoms with Crippen LogP contribution in [0, 0.1) is 11.8 Å². The molecule has 0 aliphatic rings. The smallest absolute Gasteiger partial charge is 0.150 e. The highest BCUT2D eigenvalue weighted by Gasteiger charge is 2.19. The molecule has 1 aromatic heterocycles. The Morgan fingerprint density at radius 1 is 1.40 bits per heavy atom. The predicted molar refractivity (Wildman–Crippen MR) is 61.2 cm³/mol. The Kier molecular flexibility index (Phi) is 4.27. The number of nitrogens with two attached hydrogens (primary N) is 1. The molecular formula is C11H22N4. The van der Waals surface area contributed by atoms with E-state index < -0.39 is 0 Å². The van der Waals surface area contributed by atoms with Gasteiger partial charge in [-0.15, -0.1) is 10.2 Å². The Morgan fingerprint density at radius 2 is 2.07 bits per heavy atom. The molecule has 0 aliphatic carbocycles. The summed E-state index contributed by atoms with van der Waals surface area (Å²) in [4.78, 5) is 0. The third-order valence-corrected chi connectivity index (χ3v) is 2.76. The van der Waals surface area contributed by atoms with Crippen molar-refractivity contribution >= 4 is 0 Å². The maximum Gasteiger partial charge on any atom is 0.150 e. The predicted octanol–water partition coefficient (Wildman–Crippen LogP) is 1.98. The summed E-state index contributed by atoms with van der Waals surface area (Å²) in [5.74, 6) is 1.95. The van der Waals surface area contributed by atoms with Gasteiger partial charge in [-0.05, 0) is 11.8 Å². The molecule has 0 radical (unpaired) electrons. The largest absolute Gasteiger partial charge is 0.321 e. The maximum absolute atomic E-state index is 6.15. The summed E-state index contributed by atoms with van der Waals surface area (Å²) < 4.78 is 2.07. The van der Waals surface area contributed by atoms with Gasteiger partial charge in [0.15, 0.2) is 0 Å². The van der Waals surface area contributed by atoms with Crippen LogP contribution in [0.1, 0.15) is 46.0 Å². The Hall–Kier alpha value is -0.900.